The van der Waals surface area contributed by atoms with Gasteiger partial charge in [0.1, 0.15) is 11.7 Å². The van der Waals surface area contributed by atoms with E-state index in [0.29, 0.717) is 11.4 Å². The largest absolute Gasteiger partial charge is 0.468 e. The molecule has 1 atom stereocenters. The summed E-state index contributed by atoms with van der Waals surface area (Å²) < 4.78 is 7.57. The zero-order chi connectivity index (χ0) is 17.3. The summed E-state index contributed by atoms with van der Waals surface area (Å²) in [5.41, 5.74) is 9.26. The molecule has 2 heterocycles. The lowest BCUT2D eigenvalue weighted by Crippen LogP contribution is -2.34. The predicted octanol–water partition coefficient (Wildman–Crippen LogP) is 3.46. The maximum atomic E-state index is 11.7. The average Bonchev–Trinajstić information content (AvgIpc) is 2.92. The van der Waals surface area contributed by atoms with Crippen molar-refractivity contribution in [3.8, 4) is 11.3 Å². The number of aromatic nitrogens is 2. The topological polar surface area (TPSA) is 69.6 Å². The highest BCUT2D eigenvalue weighted by molar-refractivity contribution is 9.10. The molecular formula is C17H15BrClN3O2. The van der Waals surface area contributed by atoms with Gasteiger partial charge in [0.25, 0.3) is 0 Å². The van der Waals surface area contributed by atoms with Crippen molar-refractivity contribution in [3.05, 3.63) is 57.8 Å². The van der Waals surface area contributed by atoms with Gasteiger partial charge in [-0.15, -0.1) is 0 Å². The molecule has 3 aromatic rings. The molecule has 3 rings (SSSR count). The van der Waals surface area contributed by atoms with Crippen LogP contribution in [0, 0.1) is 0 Å². The Morgan fingerprint density at radius 3 is 2.71 bits per heavy atom. The summed E-state index contributed by atoms with van der Waals surface area (Å²) in [7, 11) is 1.33. The van der Waals surface area contributed by atoms with Crippen LogP contribution in [-0.4, -0.2) is 28.5 Å². The number of nitrogens with two attached hydrogens (primary N) is 1. The number of carbonyl (C=O) groups is 1. The number of nitrogens with zero attached hydrogens (tertiary/aromatic N) is 2. The Morgan fingerprint density at radius 1 is 1.33 bits per heavy atom. The highest BCUT2D eigenvalue weighted by atomic mass is 79.9. The molecular weight excluding hydrogens is 394 g/mol. The lowest BCUT2D eigenvalue weighted by Gasteiger charge is -2.11. The number of halogens is 2. The summed E-state index contributed by atoms with van der Waals surface area (Å²) >= 11 is 9.43. The molecule has 24 heavy (non-hydrogen) atoms. The van der Waals surface area contributed by atoms with Crippen LogP contribution in [0.25, 0.3) is 16.9 Å². The fourth-order valence-corrected chi connectivity index (χ4v) is 3.01. The highest BCUT2D eigenvalue weighted by Crippen LogP contribution is 2.27. The molecule has 7 heteroatoms. The third-order valence-electron chi connectivity index (χ3n) is 3.72. The third kappa shape index (κ3) is 3.31. The Kier molecular flexibility index (Phi) is 4.89. The first-order chi connectivity index (χ1) is 11.5. The molecule has 2 aromatic heterocycles. The normalized spacial score (nSPS) is 12.3. The van der Waals surface area contributed by atoms with Crippen LogP contribution in [0.4, 0.5) is 0 Å². The SMILES string of the molecule is COC(=O)C(N)Cc1c(-c2ccc(Cl)cc2)nc2ccc(Br)cn12. The van der Waals surface area contributed by atoms with Crippen LogP contribution in [0.5, 0.6) is 0 Å². The molecule has 0 saturated carbocycles. The maximum absolute atomic E-state index is 11.7. The van der Waals surface area contributed by atoms with Gasteiger partial charge in [0.2, 0.25) is 0 Å². The lowest BCUT2D eigenvalue weighted by atomic mass is 10.1. The second-order valence-electron chi connectivity index (χ2n) is 5.32. The summed E-state index contributed by atoms with van der Waals surface area (Å²) in [5, 5.41) is 0.651. The van der Waals surface area contributed by atoms with Gasteiger partial charge in [-0.2, -0.15) is 0 Å². The van der Waals surface area contributed by atoms with E-state index in [0.717, 1.165) is 27.1 Å². The molecule has 0 saturated heterocycles. The van der Waals surface area contributed by atoms with E-state index in [1.807, 2.05) is 34.9 Å². The molecule has 0 aliphatic rings. The van der Waals surface area contributed by atoms with Crippen LogP contribution in [0.1, 0.15) is 5.69 Å². The quantitative estimate of drug-likeness (QED) is 0.671. The van der Waals surface area contributed by atoms with Gasteiger partial charge in [-0.25, -0.2) is 4.98 Å². The molecule has 124 valence electrons. The van der Waals surface area contributed by atoms with Gasteiger partial charge in [0, 0.05) is 27.7 Å². The second kappa shape index (κ2) is 6.93. The fourth-order valence-electron chi connectivity index (χ4n) is 2.54. The molecule has 1 aromatic carbocycles. The number of hydrogen-bond donors (Lipinski definition) is 1. The molecule has 0 amide bonds. The minimum Gasteiger partial charge on any atom is -0.468 e. The number of fused-ring (bicyclic) bond motifs is 1. The van der Waals surface area contributed by atoms with Gasteiger partial charge in [0.15, 0.2) is 0 Å². The van der Waals surface area contributed by atoms with E-state index in [-0.39, 0.29) is 0 Å². The Bertz CT molecular complexity index is 893. The molecule has 0 aliphatic heterocycles. The van der Waals surface area contributed by atoms with Gasteiger partial charge in [-0.1, -0.05) is 23.7 Å². The average molecular weight is 409 g/mol. The van der Waals surface area contributed by atoms with Crippen molar-refractivity contribution in [2.75, 3.05) is 7.11 Å². The first-order valence-electron chi connectivity index (χ1n) is 7.25. The molecule has 1 unspecified atom stereocenters. The van der Waals surface area contributed by atoms with E-state index < -0.39 is 12.0 Å². The summed E-state index contributed by atoms with van der Waals surface area (Å²) in [6, 6.07) is 10.5. The molecule has 0 radical (unpaired) electrons. The number of esters is 1. The van der Waals surface area contributed by atoms with Gasteiger partial charge in [0.05, 0.1) is 18.5 Å². The summed E-state index contributed by atoms with van der Waals surface area (Å²) in [5.74, 6) is -0.456. The summed E-state index contributed by atoms with van der Waals surface area (Å²) in [4.78, 5) is 16.4. The highest BCUT2D eigenvalue weighted by Gasteiger charge is 2.21. The second-order valence-corrected chi connectivity index (χ2v) is 6.68. The molecule has 5 nitrogen and oxygen atoms in total. The number of imidazole rings is 1. The number of rotatable bonds is 4. The predicted molar refractivity (Wildman–Crippen MR) is 97.0 cm³/mol. The first-order valence-corrected chi connectivity index (χ1v) is 8.42. The van der Waals surface area contributed by atoms with E-state index in [9.17, 15) is 4.79 Å². The molecule has 0 fully saturated rings. The Balaban J connectivity index is 2.15. The van der Waals surface area contributed by atoms with Gasteiger partial charge < -0.3 is 14.9 Å². The number of pyridine rings is 1. The van der Waals surface area contributed by atoms with Gasteiger partial charge >= 0.3 is 5.97 Å². The lowest BCUT2D eigenvalue weighted by molar-refractivity contribution is -0.142. The zero-order valence-electron chi connectivity index (χ0n) is 12.9. The van der Waals surface area contributed by atoms with Crippen LogP contribution in [-0.2, 0) is 16.0 Å². The minimum atomic E-state index is -0.764. The molecule has 2 N–H and O–H groups in total. The van der Waals surface area contributed by atoms with E-state index >= 15 is 0 Å². The van der Waals surface area contributed by atoms with Gasteiger partial charge in [-0.05, 0) is 40.2 Å². The van der Waals surface area contributed by atoms with Crippen LogP contribution >= 0.6 is 27.5 Å². The van der Waals surface area contributed by atoms with E-state index in [2.05, 4.69) is 20.9 Å². The van der Waals surface area contributed by atoms with Crippen molar-refractivity contribution in [2.24, 2.45) is 5.73 Å². The van der Waals surface area contributed by atoms with E-state index in [4.69, 9.17) is 22.1 Å². The van der Waals surface area contributed by atoms with Crippen LogP contribution in [0.15, 0.2) is 47.1 Å². The minimum absolute atomic E-state index is 0.308. The number of methoxy groups -OCH3 is 1. The van der Waals surface area contributed by atoms with Crippen molar-refractivity contribution in [3.63, 3.8) is 0 Å². The van der Waals surface area contributed by atoms with Gasteiger partial charge in [-0.3, -0.25) is 4.79 Å². The summed E-state index contributed by atoms with van der Waals surface area (Å²) in [6.07, 6.45) is 2.21. The van der Waals surface area contributed by atoms with E-state index in [1.54, 1.807) is 12.1 Å². The van der Waals surface area contributed by atoms with Crippen molar-refractivity contribution in [1.29, 1.82) is 0 Å². The zero-order valence-corrected chi connectivity index (χ0v) is 15.2. The smallest absolute Gasteiger partial charge is 0.323 e. The van der Waals surface area contributed by atoms with Crippen LogP contribution in [0.2, 0.25) is 5.02 Å². The van der Waals surface area contributed by atoms with E-state index in [1.165, 1.54) is 7.11 Å². The summed E-state index contributed by atoms with van der Waals surface area (Å²) in [6.45, 7) is 0. The molecule has 0 spiro atoms. The number of hydrogen-bond acceptors (Lipinski definition) is 4. The van der Waals surface area contributed by atoms with Crippen molar-refractivity contribution < 1.29 is 9.53 Å². The maximum Gasteiger partial charge on any atom is 0.323 e. The van der Waals surface area contributed by atoms with Crippen LogP contribution in [0.3, 0.4) is 0 Å². The third-order valence-corrected chi connectivity index (χ3v) is 4.44. The van der Waals surface area contributed by atoms with Crippen molar-refractivity contribution in [2.45, 2.75) is 12.5 Å². The Morgan fingerprint density at radius 2 is 2.04 bits per heavy atom. The number of benzene rings is 1. The first kappa shape index (κ1) is 17.0. The number of carbonyl (C=O) groups excluding carboxylic acids is 1. The Hall–Kier alpha value is -1.89. The Labute approximate surface area is 152 Å². The standard InChI is InChI=1S/C17H15BrClN3O2/c1-24-17(23)13(20)8-14-16(10-2-5-12(19)6-3-10)21-15-7-4-11(18)9-22(14)15/h2-7,9,13H,8,20H2,1H3. The molecule has 0 aliphatic carbocycles. The van der Waals surface area contributed by atoms with Crippen molar-refractivity contribution in [1.82, 2.24) is 9.38 Å². The molecule has 0 bridgehead atoms. The fraction of sp³-hybridized carbons (Fsp3) is 0.176. The van der Waals surface area contributed by atoms with Crippen LogP contribution < -0.4 is 5.73 Å². The number of ether oxygens (including phenoxy) is 1. The van der Waals surface area contributed by atoms with Crippen molar-refractivity contribution >= 4 is 39.1 Å². The monoisotopic (exact) mass is 407 g/mol.